The number of halogens is 5. The van der Waals surface area contributed by atoms with Crippen molar-refractivity contribution in [1.29, 1.82) is 0 Å². The van der Waals surface area contributed by atoms with Crippen LogP contribution in [0.25, 0.3) is 0 Å². The molecule has 0 nitrogen and oxygen atoms in total. The standard InChI is InChI=1S/C26H31F5/c1-17-3-9-20(10-4-17)18(2)5-6-19-7-11-21(12-8-19)22-15-24(27)23(25(28)16-22)13-14-26(29,30)31/h5-6,15-21H,3-4,7-12H2,1-2H3. The predicted octanol–water partition coefficient (Wildman–Crippen LogP) is 8.17. The molecule has 0 saturated heterocycles. The quantitative estimate of drug-likeness (QED) is 0.253. The van der Waals surface area contributed by atoms with Gasteiger partial charge in [-0.05, 0) is 85.8 Å². The Labute approximate surface area is 182 Å². The van der Waals surface area contributed by atoms with Crippen LogP contribution in [0.1, 0.15) is 82.3 Å². The van der Waals surface area contributed by atoms with Crippen LogP contribution in [0.2, 0.25) is 0 Å². The first-order valence-electron chi connectivity index (χ1n) is 11.4. The highest BCUT2D eigenvalue weighted by molar-refractivity contribution is 5.40. The first-order valence-corrected chi connectivity index (χ1v) is 11.4. The minimum absolute atomic E-state index is 0.0236. The summed E-state index contributed by atoms with van der Waals surface area (Å²) in [5.74, 6) is 3.18. The van der Waals surface area contributed by atoms with Crippen LogP contribution in [0, 0.1) is 47.1 Å². The molecule has 0 N–H and O–H groups in total. The highest BCUT2D eigenvalue weighted by atomic mass is 19.4. The summed E-state index contributed by atoms with van der Waals surface area (Å²) in [6.07, 6.45) is 8.70. The number of allylic oxidation sites excluding steroid dienone is 2. The van der Waals surface area contributed by atoms with Crippen LogP contribution in [0.4, 0.5) is 22.0 Å². The molecule has 0 amide bonds. The summed E-state index contributed by atoms with van der Waals surface area (Å²) in [5, 5.41) is 0. The fourth-order valence-electron chi connectivity index (χ4n) is 5.03. The summed E-state index contributed by atoms with van der Waals surface area (Å²) >= 11 is 0. The Morgan fingerprint density at radius 3 is 2.06 bits per heavy atom. The van der Waals surface area contributed by atoms with Crippen molar-refractivity contribution in [2.45, 2.75) is 77.3 Å². The van der Waals surface area contributed by atoms with E-state index in [-0.39, 0.29) is 5.92 Å². The monoisotopic (exact) mass is 438 g/mol. The average molecular weight is 439 g/mol. The molecule has 2 aliphatic rings. The minimum atomic E-state index is -4.78. The van der Waals surface area contributed by atoms with Gasteiger partial charge in [-0.1, -0.05) is 44.8 Å². The van der Waals surface area contributed by atoms with Crippen molar-refractivity contribution in [3.63, 3.8) is 0 Å². The van der Waals surface area contributed by atoms with Crippen molar-refractivity contribution in [2.75, 3.05) is 0 Å². The Kier molecular flexibility index (Phi) is 7.83. The van der Waals surface area contributed by atoms with Gasteiger partial charge in [-0.2, -0.15) is 13.2 Å². The van der Waals surface area contributed by atoms with E-state index in [1.54, 1.807) is 5.92 Å². The van der Waals surface area contributed by atoms with Crippen molar-refractivity contribution < 1.29 is 22.0 Å². The van der Waals surface area contributed by atoms with E-state index in [1.807, 2.05) is 0 Å². The Balaban J connectivity index is 1.56. The summed E-state index contributed by atoms with van der Waals surface area (Å²) in [7, 11) is 0. The van der Waals surface area contributed by atoms with Crippen LogP contribution in [-0.4, -0.2) is 6.18 Å². The third-order valence-corrected chi connectivity index (χ3v) is 7.13. The Morgan fingerprint density at radius 1 is 0.935 bits per heavy atom. The molecule has 5 heteroatoms. The molecule has 31 heavy (non-hydrogen) atoms. The molecule has 0 radical (unpaired) electrons. The lowest BCUT2D eigenvalue weighted by atomic mass is 9.75. The zero-order valence-electron chi connectivity index (χ0n) is 18.2. The largest absolute Gasteiger partial charge is 0.458 e. The van der Waals surface area contributed by atoms with E-state index in [9.17, 15) is 22.0 Å². The topological polar surface area (TPSA) is 0 Å². The zero-order chi connectivity index (χ0) is 22.6. The van der Waals surface area contributed by atoms with Gasteiger partial charge in [0.2, 0.25) is 0 Å². The maximum absolute atomic E-state index is 14.2. The summed E-state index contributed by atoms with van der Waals surface area (Å²) in [6, 6.07) is 2.30. The first kappa shape index (κ1) is 23.8. The van der Waals surface area contributed by atoms with E-state index in [4.69, 9.17) is 0 Å². The molecule has 2 aliphatic carbocycles. The van der Waals surface area contributed by atoms with Gasteiger partial charge >= 0.3 is 6.18 Å². The van der Waals surface area contributed by atoms with Gasteiger partial charge in [-0.15, -0.1) is 0 Å². The lowest BCUT2D eigenvalue weighted by molar-refractivity contribution is -0.0696. The maximum Gasteiger partial charge on any atom is 0.458 e. The predicted molar refractivity (Wildman–Crippen MR) is 113 cm³/mol. The van der Waals surface area contributed by atoms with Crippen LogP contribution < -0.4 is 0 Å². The van der Waals surface area contributed by atoms with Crippen LogP contribution in [0.3, 0.4) is 0 Å². The molecule has 0 aliphatic heterocycles. The van der Waals surface area contributed by atoms with Gasteiger partial charge in [0.15, 0.2) is 0 Å². The fraction of sp³-hybridized carbons (Fsp3) is 0.615. The normalized spacial score (nSPS) is 28.2. The first-order chi connectivity index (χ1) is 14.6. The smallest absolute Gasteiger partial charge is 0.206 e. The van der Waals surface area contributed by atoms with Crippen molar-refractivity contribution >= 4 is 0 Å². The molecular formula is C26H31F5. The molecular weight excluding hydrogens is 407 g/mol. The number of hydrogen-bond donors (Lipinski definition) is 0. The summed E-state index contributed by atoms with van der Waals surface area (Å²) in [4.78, 5) is 0. The van der Waals surface area contributed by atoms with Crippen molar-refractivity contribution in [2.24, 2.45) is 23.7 Å². The SMILES string of the molecule is CC1CCC(C(C)C=CC2CCC(c3cc(F)c(C#CC(F)(F)F)c(F)c3)CC2)CC1. The van der Waals surface area contributed by atoms with Crippen molar-refractivity contribution in [3.05, 3.63) is 47.0 Å². The molecule has 0 spiro atoms. The second-order valence-electron chi connectivity index (χ2n) is 9.48. The molecule has 2 saturated carbocycles. The number of hydrogen-bond acceptors (Lipinski definition) is 0. The van der Waals surface area contributed by atoms with E-state index >= 15 is 0 Å². The number of rotatable bonds is 4. The van der Waals surface area contributed by atoms with Crippen LogP contribution >= 0.6 is 0 Å². The lowest BCUT2D eigenvalue weighted by Gasteiger charge is -2.30. The van der Waals surface area contributed by atoms with E-state index in [1.165, 1.54) is 25.7 Å². The van der Waals surface area contributed by atoms with Gasteiger partial charge in [0, 0.05) is 5.92 Å². The van der Waals surface area contributed by atoms with Gasteiger partial charge in [-0.25, -0.2) is 8.78 Å². The summed E-state index contributed by atoms with van der Waals surface area (Å²) in [6.45, 7) is 4.63. The van der Waals surface area contributed by atoms with E-state index in [2.05, 4.69) is 26.0 Å². The molecule has 1 aromatic carbocycles. The molecule has 0 heterocycles. The zero-order valence-corrected chi connectivity index (χ0v) is 18.2. The minimum Gasteiger partial charge on any atom is -0.206 e. The molecule has 0 bridgehead atoms. The Bertz CT molecular complexity index is 803. The van der Waals surface area contributed by atoms with Gasteiger partial charge in [-0.3, -0.25) is 0 Å². The third-order valence-electron chi connectivity index (χ3n) is 7.13. The molecule has 2 fully saturated rings. The van der Waals surface area contributed by atoms with Gasteiger partial charge in [0.05, 0.1) is 5.56 Å². The van der Waals surface area contributed by atoms with Crippen LogP contribution in [0.15, 0.2) is 24.3 Å². The highest BCUT2D eigenvalue weighted by Gasteiger charge is 2.26. The highest BCUT2D eigenvalue weighted by Crippen LogP contribution is 2.38. The molecule has 1 unspecified atom stereocenters. The lowest BCUT2D eigenvalue weighted by Crippen LogP contribution is -2.18. The molecule has 0 aromatic heterocycles. The number of benzene rings is 1. The second kappa shape index (κ2) is 10.2. The van der Waals surface area contributed by atoms with Gasteiger partial charge < -0.3 is 0 Å². The second-order valence-corrected chi connectivity index (χ2v) is 9.48. The molecule has 3 rings (SSSR count). The van der Waals surface area contributed by atoms with E-state index < -0.39 is 23.4 Å². The van der Waals surface area contributed by atoms with E-state index in [0.29, 0.717) is 17.4 Å². The number of alkyl halides is 3. The van der Waals surface area contributed by atoms with Gasteiger partial charge in [0.1, 0.15) is 11.6 Å². The molecule has 1 atom stereocenters. The molecule has 1 aromatic rings. The third kappa shape index (κ3) is 6.82. The van der Waals surface area contributed by atoms with Crippen molar-refractivity contribution in [1.82, 2.24) is 0 Å². The Morgan fingerprint density at radius 2 is 1.52 bits per heavy atom. The maximum atomic E-state index is 14.2. The fourth-order valence-corrected chi connectivity index (χ4v) is 5.03. The van der Waals surface area contributed by atoms with Crippen LogP contribution in [-0.2, 0) is 0 Å². The Hall–Kier alpha value is -1.83. The van der Waals surface area contributed by atoms with Crippen molar-refractivity contribution in [3.8, 4) is 11.8 Å². The van der Waals surface area contributed by atoms with Crippen LogP contribution in [0.5, 0.6) is 0 Å². The van der Waals surface area contributed by atoms with Gasteiger partial charge in [0.25, 0.3) is 0 Å². The van der Waals surface area contributed by atoms with E-state index in [0.717, 1.165) is 55.6 Å². The summed E-state index contributed by atoms with van der Waals surface area (Å²) < 4.78 is 65.1. The average Bonchev–Trinajstić information content (AvgIpc) is 2.71. The molecule has 170 valence electrons. The summed E-state index contributed by atoms with van der Waals surface area (Å²) in [5.41, 5.74) is -0.302.